The highest BCUT2D eigenvalue weighted by Gasteiger charge is 2.17. The third-order valence-corrected chi connectivity index (χ3v) is 3.60. The number of aliphatic imine (C=N–C) groups is 1. The van der Waals surface area contributed by atoms with Gasteiger partial charge < -0.3 is 5.32 Å². The lowest BCUT2D eigenvalue weighted by molar-refractivity contribution is 0.319. The summed E-state index contributed by atoms with van der Waals surface area (Å²) >= 11 is 0. The minimum Gasteiger partial charge on any atom is -0.373 e. The number of amidine groups is 1. The third kappa shape index (κ3) is 6.70. The van der Waals surface area contributed by atoms with Crippen molar-refractivity contribution in [3.63, 3.8) is 0 Å². The van der Waals surface area contributed by atoms with E-state index in [1.54, 1.807) is 0 Å². The minimum atomic E-state index is 0.407. The summed E-state index contributed by atoms with van der Waals surface area (Å²) in [6, 6.07) is 0. The van der Waals surface area contributed by atoms with Gasteiger partial charge in [-0.15, -0.1) is 0 Å². The highest BCUT2D eigenvalue weighted by molar-refractivity contribution is 5.82. The van der Waals surface area contributed by atoms with Gasteiger partial charge in [0.1, 0.15) is 0 Å². The molecule has 0 bridgehead atoms. The Bertz CT molecular complexity index is 231. The second-order valence-corrected chi connectivity index (χ2v) is 6.11. The van der Waals surface area contributed by atoms with Crippen molar-refractivity contribution in [1.29, 1.82) is 0 Å². The Labute approximate surface area is 107 Å². The summed E-state index contributed by atoms with van der Waals surface area (Å²) in [7, 11) is 0. The van der Waals surface area contributed by atoms with Crippen LogP contribution in [0.5, 0.6) is 0 Å². The summed E-state index contributed by atoms with van der Waals surface area (Å²) in [5, 5.41) is 3.58. The monoisotopic (exact) mass is 238 g/mol. The van der Waals surface area contributed by atoms with Crippen LogP contribution in [0.3, 0.4) is 0 Å². The van der Waals surface area contributed by atoms with E-state index in [4.69, 9.17) is 0 Å². The maximum Gasteiger partial charge on any atom is 0.0963 e. The normalized spacial score (nSPS) is 17.5. The average molecular weight is 238 g/mol. The Morgan fingerprint density at radius 3 is 2.76 bits per heavy atom. The number of rotatable bonds is 6. The molecule has 0 fully saturated rings. The maximum absolute atomic E-state index is 4.63. The van der Waals surface area contributed by atoms with E-state index in [1.807, 2.05) is 0 Å². The molecular formula is C15H30N2. The molecule has 0 radical (unpaired) electrons. The second kappa shape index (κ2) is 7.73. The summed E-state index contributed by atoms with van der Waals surface area (Å²) in [5.41, 5.74) is 0.407. The molecule has 1 aliphatic rings. The fourth-order valence-corrected chi connectivity index (χ4v) is 2.30. The molecule has 17 heavy (non-hydrogen) atoms. The van der Waals surface area contributed by atoms with Crippen LogP contribution in [0.2, 0.25) is 0 Å². The maximum atomic E-state index is 4.63. The van der Waals surface area contributed by atoms with Crippen LogP contribution in [0.4, 0.5) is 0 Å². The number of nitrogens with zero attached hydrogens (tertiary/aromatic N) is 1. The van der Waals surface area contributed by atoms with Crippen LogP contribution in [0.15, 0.2) is 4.99 Å². The van der Waals surface area contributed by atoms with Crippen LogP contribution in [0, 0.1) is 5.41 Å². The lowest BCUT2D eigenvalue weighted by atomic mass is 9.87. The van der Waals surface area contributed by atoms with Crippen LogP contribution in [0.25, 0.3) is 0 Å². The first-order valence-corrected chi connectivity index (χ1v) is 7.41. The Balaban J connectivity index is 2.24. The predicted octanol–water partition coefficient (Wildman–Crippen LogP) is 4.16. The van der Waals surface area contributed by atoms with E-state index in [9.17, 15) is 0 Å². The molecule has 1 rings (SSSR count). The Morgan fingerprint density at radius 1 is 1.18 bits per heavy atom. The molecule has 0 aromatic rings. The van der Waals surface area contributed by atoms with Crippen molar-refractivity contribution in [3.05, 3.63) is 0 Å². The van der Waals surface area contributed by atoms with Crippen molar-refractivity contribution >= 4 is 5.84 Å². The van der Waals surface area contributed by atoms with Gasteiger partial charge >= 0.3 is 0 Å². The van der Waals surface area contributed by atoms with Crippen LogP contribution in [0.1, 0.15) is 72.1 Å². The quantitative estimate of drug-likeness (QED) is 0.691. The highest BCUT2D eigenvalue weighted by Crippen LogP contribution is 2.22. The van der Waals surface area contributed by atoms with Crippen LogP contribution in [-0.4, -0.2) is 18.9 Å². The van der Waals surface area contributed by atoms with E-state index in [2.05, 4.69) is 31.1 Å². The molecule has 1 N–H and O–H groups in total. The van der Waals surface area contributed by atoms with E-state index >= 15 is 0 Å². The van der Waals surface area contributed by atoms with Gasteiger partial charge in [-0.3, -0.25) is 4.99 Å². The third-order valence-electron chi connectivity index (χ3n) is 3.60. The number of nitrogens with one attached hydrogen (secondary N) is 1. The molecule has 0 amide bonds. The molecule has 0 spiro atoms. The summed E-state index contributed by atoms with van der Waals surface area (Å²) in [5.74, 6) is 1.26. The predicted molar refractivity (Wildman–Crippen MR) is 76.7 cm³/mol. The lowest BCUT2D eigenvalue weighted by Gasteiger charge is -2.26. The zero-order chi connectivity index (χ0) is 12.6. The average Bonchev–Trinajstić information content (AvgIpc) is 2.55. The van der Waals surface area contributed by atoms with Crippen molar-refractivity contribution in [3.8, 4) is 0 Å². The largest absolute Gasteiger partial charge is 0.373 e. The summed E-state index contributed by atoms with van der Waals surface area (Å²) < 4.78 is 0. The second-order valence-electron chi connectivity index (χ2n) is 6.11. The van der Waals surface area contributed by atoms with Gasteiger partial charge in [-0.1, -0.05) is 46.5 Å². The summed E-state index contributed by atoms with van der Waals surface area (Å²) in [6.45, 7) is 9.11. The Hall–Kier alpha value is -0.530. The van der Waals surface area contributed by atoms with E-state index in [0.29, 0.717) is 5.41 Å². The first kappa shape index (κ1) is 14.5. The first-order chi connectivity index (χ1) is 8.14. The van der Waals surface area contributed by atoms with Gasteiger partial charge in [0.15, 0.2) is 0 Å². The molecular weight excluding hydrogens is 208 g/mol. The zero-order valence-corrected chi connectivity index (χ0v) is 12.0. The van der Waals surface area contributed by atoms with Crippen molar-refractivity contribution in [1.82, 2.24) is 5.32 Å². The summed E-state index contributed by atoms with van der Waals surface area (Å²) in [4.78, 5) is 4.63. The van der Waals surface area contributed by atoms with Crippen molar-refractivity contribution < 1.29 is 0 Å². The fourth-order valence-electron chi connectivity index (χ4n) is 2.30. The Morgan fingerprint density at radius 2 is 2.00 bits per heavy atom. The van der Waals surface area contributed by atoms with Gasteiger partial charge in [0.25, 0.3) is 0 Å². The fraction of sp³-hybridized carbons (Fsp3) is 0.933. The minimum absolute atomic E-state index is 0.407. The Kier molecular flexibility index (Phi) is 6.61. The molecule has 1 heterocycles. The molecule has 1 aliphatic heterocycles. The number of hydrogen-bond acceptors (Lipinski definition) is 2. The van der Waals surface area contributed by atoms with Crippen molar-refractivity contribution in [2.24, 2.45) is 10.4 Å². The SMILES string of the molecule is CCCCCC(C)(C)CNC1=NCCCCC1. The van der Waals surface area contributed by atoms with Gasteiger partial charge in [-0.05, 0) is 24.7 Å². The molecule has 0 aromatic heterocycles. The first-order valence-electron chi connectivity index (χ1n) is 7.41. The van der Waals surface area contributed by atoms with Crippen molar-refractivity contribution in [2.75, 3.05) is 13.1 Å². The highest BCUT2D eigenvalue weighted by atomic mass is 15.0. The van der Waals surface area contributed by atoms with E-state index in [-0.39, 0.29) is 0 Å². The molecule has 0 saturated heterocycles. The van der Waals surface area contributed by atoms with Gasteiger partial charge in [-0.2, -0.15) is 0 Å². The molecule has 2 heteroatoms. The van der Waals surface area contributed by atoms with Crippen molar-refractivity contribution in [2.45, 2.75) is 72.1 Å². The van der Waals surface area contributed by atoms with Gasteiger partial charge in [0, 0.05) is 19.5 Å². The smallest absolute Gasteiger partial charge is 0.0963 e. The molecule has 0 aliphatic carbocycles. The molecule has 0 unspecified atom stereocenters. The molecule has 100 valence electrons. The van der Waals surface area contributed by atoms with Crippen LogP contribution >= 0.6 is 0 Å². The molecule has 0 atom stereocenters. The van der Waals surface area contributed by atoms with Crippen LogP contribution < -0.4 is 5.32 Å². The number of unbranched alkanes of at least 4 members (excludes halogenated alkanes) is 2. The lowest BCUT2D eigenvalue weighted by Crippen LogP contribution is -2.34. The van der Waals surface area contributed by atoms with E-state index in [0.717, 1.165) is 19.5 Å². The molecule has 2 nitrogen and oxygen atoms in total. The molecule has 0 aromatic carbocycles. The van der Waals surface area contributed by atoms with E-state index < -0.39 is 0 Å². The zero-order valence-electron chi connectivity index (χ0n) is 12.0. The van der Waals surface area contributed by atoms with Gasteiger partial charge in [-0.25, -0.2) is 0 Å². The summed E-state index contributed by atoms with van der Waals surface area (Å²) in [6.07, 6.45) is 10.4. The number of hydrogen-bond donors (Lipinski definition) is 1. The topological polar surface area (TPSA) is 24.4 Å². The standard InChI is InChI=1S/C15H30N2/c1-4-5-8-11-15(2,3)13-17-14-10-7-6-9-12-16-14/h4-13H2,1-3H3,(H,16,17). The molecule has 0 saturated carbocycles. The van der Waals surface area contributed by atoms with Gasteiger partial charge in [0.05, 0.1) is 5.84 Å². The van der Waals surface area contributed by atoms with E-state index in [1.165, 1.54) is 50.8 Å². The van der Waals surface area contributed by atoms with Crippen LogP contribution in [-0.2, 0) is 0 Å². The van der Waals surface area contributed by atoms with Gasteiger partial charge in [0.2, 0.25) is 0 Å².